The number of ether oxygens (including phenoxy) is 1. The number of sulfonamides is 1. The minimum Gasteiger partial charge on any atom is -0.468 e. The van der Waals surface area contributed by atoms with Gasteiger partial charge in [-0.05, 0) is 19.1 Å². The van der Waals surface area contributed by atoms with Crippen molar-refractivity contribution in [3.8, 4) is 0 Å². The molecule has 1 aromatic rings. The second kappa shape index (κ2) is 7.39. The largest absolute Gasteiger partial charge is 0.468 e. The molecule has 0 unspecified atom stereocenters. The molecule has 1 aliphatic rings. The van der Waals surface area contributed by atoms with Gasteiger partial charge in [0.1, 0.15) is 6.04 Å². The number of rotatable bonds is 6. The van der Waals surface area contributed by atoms with Crippen molar-refractivity contribution in [3.63, 3.8) is 0 Å². The number of aliphatic hydroxyl groups is 1. The Morgan fingerprint density at radius 3 is 2.65 bits per heavy atom. The predicted molar refractivity (Wildman–Crippen MR) is 84.4 cm³/mol. The minimum absolute atomic E-state index is 0.149. The Morgan fingerprint density at radius 2 is 2.04 bits per heavy atom. The van der Waals surface area contributed by atoms with E-state index in [2.05, 4.69) is 4.72 Å². The molecule has 2 atom stereocenters. The van der Waals surface area contributed by atoms with Crippen molar-refractivity contribution in [3.05, 3.63) is 29.8 Å². The second-order valence-corrected chi connectivity index (χ2v) is 7.40. The molecule has 1 heterocycles. The smallest absolute Gasteiger partial charge is 0.323 e. The summed E-state index contributed by atoms with van der Waals surface area (Å²) in [6, 6.07) is 6.04. The first-order valence-electron chi connectivity index (χ1n) is 7.40. The van der Waals surface area contributed by atoms with Crippen LogP contribution in [0.25, 0.3) is 0 Å². The molecule has 0 spiro atoms. The lowest BCUT2D eigenvalue weighted by Crippen LogP contribution is -2.41. The maximum absolute atomic E-state index is 12.2. The minimum atomic E-state index is -3.58. The number of carbonyl (C=O) groups excluding carboxylic acids is 1. The Hall–Kier alpha value is -1.48. The van der Waals surface area contributed by atoms with Crippen LogP contribution in [0.3, 0.4) is 0 Å². The van der Waals surface area contributed by atoms with Crippen LogP contribution in [0.2, 0.25) is 0 Å². The normalized spacial score (nSPS) is 22.2. The number of hydrogen-bond acceptors (Lipinski definition) is 6. The predicted octanol–water partition coefficient (Wildman–Crippen LogP) is -0.118. The van der Waals surface area contributed by atoms with Gasteiger partial charge in [0.15, 0.2) is 0 Å². The highest BCUT2D eigenvalue weighted by molar-refractivity contribution is 7.89. The zero-order chi connectivity index (χ0) is 17.0. The van der Waals surface area contributed by atoms with Gasteiger partial charge in [-0.25, -0.2) is 13.1 Å². The summed E-state index contributed by atoms with van der Waals surface area (Å²) in [7, 11) is -2.28. The van der Waals surface area contributed by atoms with Gasteiger partial charge in [0.25, 0.3) is 0 Å². The van der Waals surface area contributed by atoms with Crippen molar-refractivity contribution in [1.29, 1.82) is 0 Å². The number of benzene rings is 1. The molecule has 1 fully saturated rings. The van der Waals surface area contributed by atoms with E-state index in [1.807, 2.05) is 6.92 Å². The van der Waals surface area contributed by atoms with Crippen LogP contribution in [0, 0.1) is 6.92 Å². The Labute approximate surface area is 136 Å². The van der Waals surface area contributed by atoms with E-state index in [9.17, 15) is 18.3 Å². The lowest BCUT2D eigenvalue weighted by Gasteiger charge is -2.21. The molecule has 0 bridgehead atoms. The van der Waals surface area contributed by atoms with Crippen LogP contribution in [0.1, 0.15) is 12.0 Å². The van der Waals surface area contributed by atoms with E-state index in [0.29, 0.717) is 19.5 Å². The molecular weight excluding hydrogens is 320 g/mol. The van der Waals surface area contributed by atoms with Gasteiger partial charge in [-0.3, -0.25) is 9.69 Å². The van der Waals surface area contributed by atoms with Gasteiger partial charge >= 0.3 is 5.97 Å². The van der Waals surface area contributed by atoms with Crippen molar-refractivity contribution in [1.82, 2.24) is 9.62 Å². The fourth-order valence-corrected chi connectivity index (χ4v) is 3.65. The average molecular weight is 342 g/mol. The van der Waals surface area contributed by atoms with Crippen LogP contribution in [0.5, 0.6) is 0 Å². The molecule has 8 heteroatoms. The summed E-state index contributed by atoms with van der Waals surface area (Å²) in [5.41, 5.74) is 0.982. The number of nitrogens with zero attached hydrogens (tertiary/aromatic N) is 1. The molecule has 0 aliphatic carbocycles. The van der Waals surface area contributed by atoms with Gasteiger partial charge in [-0.2, -0.15) is 0 Å². The van der Waals surface area contributed by atoms with E-state index in [1.165, 1.54) is 7.11 Å². The Kier molecular flexibility index (Phi) is 5.74. The first-order valence-corrected chi connectivity index (χ1v) is 8.88. The fourth-order valence-electron chi connectivity index (χ4n) is 2.63. The van der Waals surface area contributed by atoms with Crippen molar-refractivity contribution >= 4 is 16.0 Å². The summed E-state index contributed by atoms with van der Waals surface area (Å²) in [5.74, 6) is -0.414. The summed E-state index contributed by atoms with van der Waals surface area (Å²) in [4.78, 5) is 13.6. The monoisotopic (exact) mass is 342 g/mol. The third-order valence-corrected chi connectivity index (χ3v) is 5.35. The van der Waals surface area contributed by atoms with Gasteiger partial charge in [0, 0.05) is 26.1 Å². The van der Waals surface area contributed by atoms with Crippen LogP contribution >= 0.6 is 0 Å². The van der Waals surface area contributed by atoms with Gasteiger partial charge in [-0.15, -0.1) is 0 Å². The third-order valence-electron chi connectivity index (χ3n) is 3.88. The Balaban J connectivity index is 1.93. The number of methoxy groups -OCH3 is 1. The van der Waals surface area contributed by atoms with Crippen LogP contribution < -0.4 is 4.72 Å². The topological polar surface area (TPSA) is 95.9 Å². The number of carbonyl (C=O) groups is 1. The summed E-state index contributed by atoms with van der Waals surface area (Å²) in [6.07, 6.45) is -0.301. The molecule has 23 heavy (non-hydrogen) atoms. The van der Waals surface area contributed by atoms with E-state index in [1.54, 1.807) is 29.2 Å². The lowest BCUT2D eigenvalue weighted by molar-refractivity contribution is -0.145. The summed E-state index contributed by atoms with van der Waals surface area (Å²) >= 11 is 0. The highest BCUT2D eigenvalue weighted by atomic mass is 32.2. The summed E-state index contributed by atoms with van der Waals surface area (Å²) in [6.45, 7) is 2.68. The molecule has 2 rings (SSSR count). The standard InChI is InChI=1S/C15H22N2O5S/c1-11-3-5-13(6-4-11)23(20,21)16-7-8-17-10-12(18)9-14(17)15(19)22-2/h3-6,12,14,16,18H,7-10H2,1-2H3/t12-,14+/m1/s1. The Morgan fingerprint density at radius 1 is 1.39 bits per heavy atom. The van der Waals surface area contributed by atoms with E-state index in [-0.39, 0.29) is 11.4 Å². The molecule has 0 amide bonds. The molecule has 7 nitrogen and oxygen atoms in total. The molecule has 0 aromatic heterocycles. The number of esters is 1. The maximum Gasteiger partial charge on any atom is 0.323 e. The van der Waals surface area contributed by atoms with Crippen molar-refractivity contribution in [2.75, 3.05) is 26.7 Å². The highest BCUT2D eigenvalue weighted by Crippen LogP contribution is 2.18. The molecule has 1 saturated heterocycles. The number of likely N-dealkylation sites (tertiary alicyclic amines) is 1. The molecule has 0 saturated carbocycles. The van der Waals surface area contributed by atoms with E-state index < -0.39 is 28.1 Å². The lowest BCUT2D eigenvalue weighted by atomic mass is 10.2. The first kappa shape index (κ1) is 17.9. The van der Waals surface area contributed by atoms with Crippen LogP contribution in [0.4, 0.5) is 0 Å². The zero-order valence-corrected chi connectivity index (χ0v) is 14.0. The quantitative estimate of drug-likeness (QED) is 0.700. The molecular formula is C15H22N2O5S. The summed E-state index contributed by atoms with van der Waals surface area (Å²) in [5, 5.41) is 9.69. The molecule has 2 N–H and O–H groups in total. The number of nitrogens with one attached hydrogen (secondary N) is 1. The molecule has 128 valence electrons. The van der Waals surface area contributed by atoms with Crippen LogP contribution in [-0.2, 0) is 19.6 Å². The van der Waals surface area contributed by atoms with Gasteiger partial charge < -0.3 is 9.84 Å². The van der Waals surface area contributed by atoms with Gasteiger partial charge in [-0.1, -0.05) is 17.7 Å². The van der Waals surface area contributed by atoms with Crippen molar-refractivity contribution < 1.29 is 23.1 Å². The zero-order valence-electron chi connectivity index (χ0n) is 13.2. The number of aryl methyl sites for hydroxylation is 1. The Bertz CT molecular complexity index is 644. The maximum atomic E-state index is 12.2. The van der Waals surface area contributed by atoms with E-state index >= 15 is 0 Å². The van der Waals surface area contributed by atoms with E-state index in [4.69, 9.17) is 4.74 Å². The second-order valence-electron chi connectivity index (χ2n) is 5.63. The molecule has 0 radical (unpaired) electrons. The van der Waals surface area contributed by atoms with Crippen LogP contribution in [0.15, 0.2) is 29.2 Å². The number of β-amino-alcohol motifs (C(OH)–C–C–N with tert-alkyl or cyclic N) is 1. The summed E-state index contributed by atoms with van der Waals surface area (Å²) < 4.78 is 31.6. The molecule has 1 aliphatic heterocycles. The SMILES string of the molecule is COC(=O)[C@@H]1C[C@@H](O)CN1CCNS(=O)(=O)c1ccc(C)cc1. The average Bonchev–Trinajstić information content (AvgIpc) is 2.87. The number of aliphatic hydroxyl groups excluding tert-OH is 1. The van der Waals surface area contributed by atoms with Gasteiger partial charge in [0.05, 0.1) is 18.1 Å². The fraction of sp³-hybridized carbons (Fsp3) is 0.533. The van der Waals surface area contributed by atoms with Crippen LogP contribution in [-0.4, -0.2) is 63.3 Å². The highest BCUT2D eigenvalue weighted by Gasteiger charge is 2.36. The van der Waals surface area contributed by atoms with Crippen molar-refractivity contribution in [2.45, 2.75) is 30.4 Å². The third kappa shape index (κ3) is 4.51. The number of hydrogen-bond donors (Lipinski definition) is 2. The van der Waals surface area contributed by atoms with E-state index in [0.717, 1.165) is 5.56 Å². The molecule has 1 aromatic carbocycles. The van der Waals surface area contributed by atoms with Crippen molar-refractivity contribution in [2.24, 2.45) is 0 Å². The first-order chi connectivity index (χ1) is 10.8. The van der Waals surface area contributed by atoms with Gasteiger partial charge in [0.2, 0.25) is 10.0 Å².